The molecule has 3 rings (SSSR count). The Balaban J connectivity index is 1.89. The molecule has 1 saturated heterocycles. The van der Waals surface area contributed by atoms with E-state index >= 15 is 0 Å². The van der Waals surface area contributed by atoms with Crippen LogP contribution >= 0.6 is 11.3 Å². The highest BCUT2D eigenvalue weighted by molar-refractivity contribution is 7.12. The van der Waals surface area contributed by atoms with Crippen molar-refractivity contribution in [2.24, 2.45) is 11.7 Å². The quantitative estimate of drug-likeness (QED) is 0.912. The van der Waals surface area contributed by atoms with E-state index in [1.54, 1.807) is 4.88 Å². The van der Waals surface area contributed by atoms with Crippen LogP contribution in [0.1, 0.15) is 54.8 Å². The van der Waals surface area contributed by atoms with E-state index in [4.69, 9.17) is 5.73 Å². The lowest BCUT2D eigenvalue weighted by Gasteiger charge is -2.34. The third-order valence-electron chi connectivity index (χ3n) is 4.69. The first kappa shape index (κ1) is 13.6. The van der Waals surface area contributed by atoms with Crippen molar-refractivity contribution in [3.05, 3.63) is 21.9 Å². The second-order valence-electron chi connectivity index (χ2n) is 6.06. The van der Waals surface area contributed by atoms with Gasteiger partial charge in [0.1, 0.15) is 0 Å². The molecule has 2 heterocycles. The smallest absolute Gasteiger partial charge is 0.0484 e. The van der Waals surface area contributed by atoms with Crippen LogP contribution in [0.15, 0.2) is 12.1 Å². The fourth-order valence-electron chi connectivity index (χ4n) is 3.47. The lowest BCUT2D eigenvalue weighted by Crippen LogP contribution is -2.36. The van der Waals surface area contributed by atoms with E-state index in [-0.39, 0.29) is 0 Å². The molecule has 0 radical (unpaired) electrons. The summed E-state index contributed by atoms with van der Waals surface area (Å²) in [5.74, 6) is 0.659. The van der Waals surface area contributed by atoms with Gasteiger partial charge in [-0.2, -0.15) is 0 Å². The lowest BCUT2D eigenvalue weighted by atomic mass is 9.93. The van der Waals surface area contributed by atoms with E-state index in [9.17, 15) is 0 Å². The Hall–Kier alpha value is -0.380. The first-order chi connectivity index (χ1) is 9.33. The van der Waals surface area contributed by atoms with Crippen LogP contribution in [0.3, 0.4) is 0 Å². The molecule has 2 atom stereocenters. The number of likely N-dealkylation sites (tertiary alicyclic amines) is 1. The summed E-state index contributed by atoms with van der Waals surface area (Å²) in [5, 5.41) is 0. The van der Waals surface area contributed by atoms with Gasteiger partial charge in [-0.3, -0.25) is 4.90 Å². The Morgan fingerprint density at radius 3 is 2.74 bits per heavy atom. The molecule has 19 heavy (non-hydrogen) atoms. The van der Waals surface area contributed by atoms with Crippen molar-refractivity contribution >= 4 is 11.3 Å². The topological polar surface area (TPSA) is 29.3 Å². The molecule has 1 saturated carbocycles. The number of hydrogen-bond acceptors (Lipinski definition) is 3. The van der Waals surface area contributed by atoms with Crippen LogP contribution in [-0.2, 0) is 6.42 Å². The number of rotatable bonds is 4. The van der Waals surface area contributed by atoms with Crippen LogP contribution < -0.4 is 5.73 Å². The van der Waals surface area contributed by atoms with E-state index in [1.807, 2.05) is 11.3 Å². The zero-order valence-electron chi connectivity index (χ0n) is 12.0. The zero-order chi connectivity index (χ0) is 13.2. The van der Waals surface area contributed by atoms with Crippen LogP contribution in [-0.4, -0.2) is 24.0 Å². The van der Waals surface area contributed by atoms with Gasteiger partial charge in [0, 0.05) is 21.8 Å². The van der Waals surface area contributed by atoms with E-state index in [0.717, 1.165) is 19.0 Å². The highest BCUT2D eigenvalue weighted by Crippen LogP contribution is 2.43. The maximum Gasteiger partial charge on any atom is 0.0484 e. The van der Waals surface area contributed by atoms with E-state index in [0.29, 0.717) is 12.0 Å². The third kappa shape index (κ3) is 2.88. The molecule has 1 aromatic rings. The molecule has 0 amide bonds. The largest absolute Gasteiger partial charge is 0.330 e. The van der Waals surface area contributed by atoms with Crippen LogP contribution in [0.25, 0.3) is 0 Å². The number of thiophene rings is 1. The molecular formula is C16H26N2S. The van der Waals surface area contributed by atoms with Crippen molar-refractivity contribution in [3.63, 3.8) is 0 Å². The molecule has 1 aliphatic heterocycles. The summed E-state index contributed by atoms with van der Waals surface area (Å²) >= 11 is 2.02. The Bertz CT molecular complexity index is 411. The Morgan fingerprint density at radius 2 is 2.11 bits per heavy atom. The average molecular weight is 278 g/mol. The summed E-state index contributed by atoms with van der Waals surface area (Å²) in [4.78, 5) is 5.88. The molecule has 3 heteroatoms. The van der Waals surface area contributed by atoms with Gasteiger partial charge in [0.15, 0.2) is 0 Å². The summed E-state index contributed by atoms with van der Waals surface area (Å²) in [6, 6.07) is 6.15. The predicted molar refractivity (Wildman–Crippen MR) is 82.6 cm³/mol. The van der Waals surface area contributed by atoms with Gasteiger partial charge in [-0.25, -0.2) is 0 Å². The maximum atomic E-state index is 6.10. The van der Waals surface area contributed by atoms with Crippen LogP contribution in [0, 0.1) is 5.92 Å². The molecule has 106 valence electrons. The van der Waals surface area contributed by atoms with Gasteiger partial charge in [-0.05, 0) is 63.2 Å². The standard InChI is InChI=1S/C16H26N2S/c1-2-14-8-9-15(19-14)16-12(11-17)5-3-4-10-18(16)13-6-7-13/h8-9,12-13,16H,2-7,10-11,17H2,1H3. The number of hydrogen-bond donors (Lipinski definition) is 1. The summed E-state index contributed by atoms with van der Waals surface area (Å²) < 4.78 is 0. The molecule has 1 aliphatic carbocycles. The molecule has 2 aliphatic rings. The minimum atomic E-state index is 0.602. The number of aryl methyl sites for hydroxylation is 1. The molecular weight excluding hydrogens is 252 g/mol. The lowest BCUT2D eigenvalue weighted by molar-refractivity contribution is 0.152. The van der Waals surface area contributed by atoms with Crippen molar-refractivity contribution in [3.8, 4) is 0 Å². The third-order valence-corrected chi connectivity index (χ3v) is 5.99. The van der Waals surface area contributed by atoms with Crippen molar-refractivity contribution < 1.29 is 0 Å². The number of nitrogens with zero attached hydrogens (tertiary/aromatic N) is 1. The van der Waals surface area contributed by atoms with Gasteiger partial charge < -0.3 is 5.73 Å². The van der Waals surface area contributed by atoms with E-state index in [1.165, 1.54) is 43.5 Å². The van der Waals surface area contributed by atoms with Gasteiger partial charge in [-0.15, -0.1) is 11.3 Å². The highest BCUT2D eigenvalue weighted by atomic mass is 32.1. The zero-order valence-corrected chi connectivity index (χ0v) is 12.8. The summed E-state index contributed by atoms with van der Waals surface area (Å²) in [6.07, 6.45) is 7.99. The maximum absolute atomic E-state index is 6.10. The molecule has 0 spiro atoms. The van der Waals surface area contributed by atoms with Gasteiger partial charge in [-0.1, -0.05) is 13.3 Å². The highest BCUT2D eigenvalue weighted by Gasteiger charge is 2.39. The summed E-state index contributed by atoms with van der Waals surface area (Å²) in [7, 11) is 0. The molecule has 2 N–H and O–H groups in total. The minimum Gasteiger partial charge on any atom is -0.330 e. The first-order valence-electron chi connectivity index (χ1n) is 7.88. The second kappa shape index (κ2) is 5.94. The van der Waals surface area contributed by atoms with Gasteiger partial charge in [0.2, 0.25) is 0 Å². The second-order valence-corrected chi connectivity index (χ2v) is 7.26. The molecule has 1 aromatic heterocycles. The van der Waals surface area contributed by atoms with Crippen LogP contribution in [0.5, 0.6) is 0 Å². The van der Waals surface area contributed by atoms with Gasteiger partial charge in [0.05, 0.1) is 0 Å². The SMILES string of the molecule is CCc1ccc(C2C(CN)CCCCN2C2CC2)s1. The van der Waals surface area contributed by atoms with Crippen molar-refractivity contribution in [1.29, 1.82) is 0 Å². The molecule has 0 bridgehead atoms. The average Bonchev–Trinajstić information content (AvgIpc) is 3.20. The van der Waals surface area contributed by atoms with Gasteiger partial charge in [0.25, 0.3) is 0 Å². The summed E-state index contributed by atoms with van der Waals surface area (Å²) in [6.45, 7) is 4.38. The molecule has 2 unspecified atom stereocenters. The fraction of sp³-hybridized carbons (Fsp3) is 0.750. The normalized spacial score (nSPS) is 29.4. The Kier molecular flexibility index (Phi) is 4.25. The van der Waals surface area contributed by atoms with Crippen molar-refractivity contribution in [2.75, 3.05) is 13.1 Å². The minimum absolute atomic E-state index is 0.602. The van der Waals surface area contributed by atoms with Gasteiger partial charge >= 0.3 is 0 Å². The van der Waals surface area contributed by atoms with Crippen LogP contribution in [0.2, 0.25) is 0 Å². The number of nitrogens with two attached hydrogens (primary N) is 1. The first-order valence-corrected chi connectivity index (χ1v) is 8.69. The van der Waals surface area contributed by atoms with Crippen LogP contribution in [0.4, 0.5) is 0 Å². The summed E-state index contributed by atoms with van der Waals surface area (Å²) in [5.41, 5.74) is 6.10. The van der Waals surface area contributed by atoms with Crippen molar-refractivity contribution in [2.45, 2.75) is 57.5 Å². The van der Waals surface area contributed by atoms with E-state index in [2.05, 4.69) is 24.0 Å². The molecule has 0 aromatic carbocycles. The monoisotopic (exact) mass is 278 g/mol. The molecule has 2 nitrogen and oxygen atoms in total. The predicted octanol–water partition coefficient (Wildman–Crippen LogP) is 3.57. The Morgan fingerprint density at radius 1 is 1.26 bits per heavy atom. The Labute approximate surface area is 121 Å². The fourth-order valence-corrected chi connectivity index (χ4v) is 4.64. The van der Waals surface area contributed by atoms with Crippen molar-refractivity contribution in [1.82, 2.24) is 4.90 Å². The molecule has 2 fully saturated rings. The van der Waals surface area contributed by atoms with E-state index < -0.39 is 0 Å².